The second kappa shape index (κ2) is 6.02. The van der Waals surface area contributed by atoms with Crippen LogP contribution in [0.4, 0.5) is 5.69 Å². The number of nitrogens with zero attached hydrogens (tertiary/aromatic N) is 1. The lowest BCUT2D eigenvalue weighted by atomic mass is 10.00. The van der Waals surface area contributed by atoms with Crippen molar-refractivity contribution in [3.05, 3.63) is 39.3 Å². The van der Waals surface area contributed by atoms with Crippen molar-refractivity contribution in [2.75, 3.05) is 6.54 Å². The minimum atomic E-state index is -0.424. The van der Waals surface area contributed by atoms with Crippen LogP contribution in [-0.4, -0.2) is 29.5 Å². The van der Waals surface area contributed by atoms with Crippen molar-refractivity contribution in [2.45, 2.75) is 31.8 Å². The van der Waals surface area contributed by atoms with E-state index in [2.05, 4.69) is 17.6 Å². The number of thiophene rings is 1. The second-order valence-electron chi connectivity index (χ2n) is 5.55. The SMILES string of the molecule is CC1NCCCC1NC(=O)c1cc2cc([N+](=O)[O-])ccc2s1. The van der Waals surface area contributed by atoms with Gasteiger partial charge < -0.3 is 10.6 Å². The van der Waals surface area contributed by atoms with Crippen molar-refractivity contribution in [2.24, 2.45) is 0 Å². The molecule has 1 aromatic heterocycles. The first kappa shape index (κ1) is 14.9. The highest BCUT2D eigenvalue weighted by molar-refractivity contribution is 7.20. The van der Waals surface area contributed by atoms with E-state index in [1.54, 1.807) is 12.1 Å². The van der Waals surface area contributed by atoms with E-state index in [-0.39, 0.29) is 23.7 Å². The van der Waals surface area contributed by atoms with E-state index in [1.807, 2.05) is 0 Å². The first-order valence-corrected chi connectivity index (χ1v) is 8.08. The number of nitro groups is 1. The molecule has 1 aliphatic heterocycles. The average Bonchev–Trinajstić information content (AvgIpc) is 2.92. The second-order valence-corrected chi connectivity index (χ2v) is 6.64. The molecule has 1 saturated heterocycles. The van der Waals surface area contributed by atoms with E-state index >= 15 is 0 Å². The average molecular weight is 319 g/mol. The number of fused-ring (bicyclic) bond motifs is 1. The Balaban J connectivity index is 1.80. The third kappa shape index (κ3) is 2.95. The molecule has 0 spiro atoms. The van der Waals surface area contributed by atoms with Crippen molar-refractivity contribution in [1.82, 2.24) is 10.6 Å². The molecule has 6 nitrogen and oxygen atoms in total. The lowest BCUT2D eigenvalue weighted by molar-refractivity contribution is -0.384. The molecule has 2 atom stereocenters. The van der Waals surface area contributed by atoms with Crippen LogP contribution in [0.25, 0.3) is 10.1 Å². The molecule has 0 saturated carbocycles. The topological polar surface area (TPSA) is 84.3 Å². The highest BCUT2D eigenvalue weighted by Crippen LogP contribution is 2.29. The molecule has 1 amide bonds. The smallest absolute Gasteiger partial charge is 0.270 e. The third-order valence-electron chi connectivity index (χ3n) is 4.01. The predicted octanol–water partition coefficient (Wildman–Crippen LogP) is 2.68. The Morgan fingerprint density at radius 2 is 2.27 bits per heavy atom. The summed E-state index contributed by atoms with van der Waals surface area (Å²) >= 11 is 1.36. The summed E-state index contributed by atoms with van der Waals surface area (Å²) in [4.78, 5) is 23.4. The van der Waals surface area contributed by atoms with E-state index in [9.17, 15) is 14.9 Å². The van der Waals surface area contributed by atoms with E-state index in [4.69, 9.17) is 0 Å². The summed E-state index contributed by atoms with van der Waals surface area (Å²) in [6, 6.07) is 6.78. The molecule has 3 rings (SSSR count). The van der Waals surface area contributed by atoms with Gasteiger partial charge in [0.2, 0.25) is 0 Å². The largest absolute Gasteiger partial charge is 0.347 e. The highest BCUT2D eigenvalue weighted by Gasteiger charge is 2.23. The third-order valence-corrected chi connectivity index (χ3v) is 5.13. The summed E-state index contributed by atoms with van der Waals surface area (Å²) in [5.74, 6) is -0.107. The zero-order valence-corrected chi connectivity index (χ0v) is 13.0. The minimum Gasteiger partial charge on any atom is -0.347 e. The Morgan fingerprint density at radius 1 is 1.45 bits per heavy atom. The Hall–Kier alpha value is -1.99. The number of nitrogens with one attached hydrogen (secondary N) is 2. The Morgan fingerprint density at radius 3 is 3.00 bits per heavy atom. The molecule has 2 N–H and O–H groups in total. The summed E-state index contributed by atoms with van der Waals surface area (Å²) < 4.78 is 0.880. The molecular weight excluding hydrogens is 302 g/mol. The van der Waals surface area contributed by atoms with Gasteiger partial charge >= 0.3 is 0 Å². The number of hydrogen-bond donors (Lipinski definition) is 2. The van der Waals surface area contributed by atoms with Gasteiger partial charge in [0.15, 0.2) is 0 Å². The van der Waals surface area contributed by atoms with Crippen LogP contribution in [0, 0.1) is 10.1 Å². The van der Waals surface area contributed by atoms with Crippen LogP contribution in [0.3, 0.4) is 0 Å². The number of nitro benzene ring substituents is 1. The summed E-state index contributed by atoms with van der Waals surface area (Å²) in [5.41, 5.74) is 0.0439. The molecular formula is C15H17N3O3S. The molecule has 2 aromatic rings. The van der Waals surface area contributed by atoms with E-state index in [0.29, 0.717) is 4.88 Å². The quantitative estimate of drug-likeness (QED) is 0.673. The van der Waals surface area contributed by atoms with Gasteiger partial charge in [0.05, 0.1) is 9.80 Å². The minimum absolute atomic E-state index is 0.0439. The molecule has 2 heterocycles. The van der Waals surface area contributed by atoms with Gasteiger partial charge in [-0.3, -0.25) is 14.9 Å². The summed E-state index contributed by atoms with van der Waals surface area (Å²) in [5, 5.41) is 17.9. The van der Waals surface area contributed by atoms with Gasteiger partial charge in [-0.25, -0.2) is 0 Å². The van der Waals surface area contributed by atoms with Crippen LogP contribution < -0.4 is 10.6 Å². The number of carbonyl (C=O) groups excluding carboxylic acids is 1. The first-order valence-electron chi connectivity index (χ1n) is 7.27. The van der Waals surface area contributed by atoms with Crippen molar-refractivity contribution in [1.29, 1.82) is 0 Å². The van der Waals surface area contributed by atoms with Gasteiger partial charge in [-0.2, -0.15) is 0 Å². The fraction of sp³-hybridized carbons (Fsp3) is 0.400. The number of rotatable bonds is 3. The molecule has 0 bridgehead atoms. The molecule has 0 radical (unpaired) electrons. The summed E-state index contributed by atoms with van der Waals surface area (Å²) in [6.45, 7) is 3.05. The van der Waals surface area contributed by atoms with Gasteiger partial charge in [0.25, 0.3) is 11.6 Å². The number of piperidine rings is 1. The van der Waals surface area contributed by atoms with Gasteiger partial charge in [-0.05, 0) is 38.4 Å². The Labute approximate surface area is 131 Å². The maximum absolute atomic E-state index is 12.4. The lowest BCUT2D eigenvalue weighted by Crippen LogP contribution is -2.51. The fourth-order valence-electron chi connectivity index (χ4n) is 2.74. The first-order chi connectivity index (χ1) is 10.5. The van der Waals surface area contributed by atoms with Crippen LogP contribution in [0.15, 0.2) is 24.3 Å². The normalized spacial score (nSPS) is 21.7. The molecule has 22 heavy (non-hydrogen) atoms. The van der Waals surface area contributed by atoms with Gasteiger partial charge in [-0.1, -0.05) is 0 Å². The number of non-ortho nitro benzene ring substituents is 1. The molecule has 7 heteroatoms. The summed E-state index contributed by atoms with van der Waals surface area (Å²) in [7, 11) is 0. The maximum atomic E-state index is 12.4. The van der Waals surface area contributed by atoms with Crippen molar-refractivity contribution in [3.63, 3.8) is 0 Å². The molecule has 1 fully saturated rings. The monoisotopic (exact) mass is 319 g/mol. The molecule has 1 aromatic carbocycles. The number of hydrogen-bond acceptors (Lipinski definition) is 5. The van der Waals surface area contributed by atoms with E-state index in [1.165, 1.54) is 23.5 Å². The highest BCUT2D eigenvalue weighted by atomic mass is 32.1. The fourth-order valence-corrected chi connectivity index (χ4v) is 3.68. The van der Waals surface area contributed by atoms with E-state index in [0.717, 1.165) is 29.5 Å². The zero-order chi connectivity index (χ0) is 15.7. The van der Waals surface area contributed by atoms with Gasteiger partial charge in [0.1, 0.15) is 0 Å². The number of amides is 1. The van der Waals surface area contributed by atoms with Crippen molar-refractivity contribution < 1.29 is 9.72 Å². The van der Waals surface area contributed by atoms with Crippen LogP contribution in [0.1, 0.15) is 29.4 Å². The van der Waals surface area contributed by atoms with Gasteiger partial charge in [-0.15, -0.1) is 11.3 Å². The predicted molar refractivity (Wildman–Crippen MR) is 86.4 cm³/mol. The molecule has 0 aliphatic carbocycles. The van der Waals surface area contributed by atoms with Crippen LogP contribution in [-0.2, 0) is 0 Å². The van der Waals surface area contributed by atoms with Crippen molar-refractivity contribution in [3.8, 4) is 0 Å². The van der Waals surface area contributed by atoms with E-state index < -0.39 is 4.92 Å². The Bertz CT molecular complexity index is 728. The van der Waals surface area contributed by atoms with Crippen LogP contribution in [0.2, 0.25) is 0 Å². The van der Waals surface area contributed by atoms with Crippen LogP contribution in [0.5, 0.6) is 0 Å². The van der Waals surface area contributed by atoms with Gasteiger partial charge in [0, 0.05) is 34.3 Å². The standard InChI is InChI=1S/C15H17N3O3S/c1-9-12(3-2-6-16-9)17-15(19)14-8-10-7-11(18(20)21)4-5-13(10)22-14/h4-5,7-9,12,16H,2-3,6H2,1H3,(H,17,19). The Kier molecular flexibility index (Phi) is 4.08. The number of benzene rings is 1. The molecule has 1 aliphatic rings. The number of carbonyl (C=O) groups is 1. The van der Waals surface area contributed by atoms with Crippen LogP contribution >= 0.6 is 11.3 Å². The zero-order valence-electron chi connectivity index (χ0n) is 12.2. The maximum Gasteiger partial charge on any atom is 0.270 e. The molecule has 116 valence electrons. The lowest BCUT2D eigenvalue weighted by Gasteiger charge is -2.30. The molecule has 2 unspecified atom stereocenters. The summed E-state index contributed by atoms with van der Waals surface area (Å²) in [6.07, 6.45) is 2.02. The van der Waals surface area contributed by atoms with Crippen molar-refractivity contribution >= 4 is 33.0 Å².